The number of hydrogen-bond donors (Lipinski definition) is 0. The first-order valence-electron chi connectivity index (χ1n) is 10.1. The highest BCUT2D eigenvalue weighted by Crippen LogP contribution is 2.37. The van der Waals surface area contributed by atoms with Crippen molar-refractivity contribution in [3.63, 3.8) is 0 Å². The highest BCUT2D eigenvalue weighted by molar-refractivity contribution is 6.42. The molecule has 2 atom stereocenters. The zero-order valence-electron chi connectivity index (χ0n) is 16.2. The van der Waals surface area contributed by atoms with Crippen molar-refractivity contribution >= 4 is 29.1 Å². The molecule has 0 bridgehead atoms. The lowest BCUT2D eigenvalue weighted by molar-refractivity contribution is -0.134. The fourth-order valence-electron chi connectivity index (χ4n) is 4.56. The van der Waals surface area contributed by atoms with E-state index in [9.17, 15) is 4.79 Å². The maximum Gasteiger partial charge on any atom is 0.227 e. The molecular formula is C23H26Cl2N2O. The summed E-state index contributed by atoms with van der Waals surface area (Å²) in [7, 11) is 0. The number of carbonyl (C=O) groups is 1. The zero-order valence-corrected chi connectivity index (χ0v) is 17.7. The fraction of sp³-hybridized carbons (Fsp3) is 0.435. The van der Waals surface area contributed by atoms with Crippen molar-refractivity contribution < 1.29 is 4.79 Å². The van der Waals surface area contributed by atoms with Gasteiger partial charge in [-0.25, -0.2) is 0 Å². The van der Waals surface area contributed by atoms with E-state index in [4.69, 9.17) is 23.2 Å². The summed E-state index contributed by atoms with van der Waals surface area (Å²) in [5.41, 5.74) is 3.59. The van der Waals surface area contributed by atoms with Crippen LogP contribution in [0, 0.1) is 0 Å². The first-order chi connectivity index (χ1) is 13.5. The minimum absolute atomic E-state index is 0.112. The third kappa shape index (κ3) is 4.07. The molecular weight excluding hydrogens is 391 g/mol. The van der Waals surface area contributed by atoms with Crippen LogP contribution in [0.3, 0.4) is 0 Å². The summed E-state index contributed by atoms with van der Waals surface area (Å²) < 4.78 is 0. The number of rotatable bonds is 4. The molecule has 148 valence electrons. The van der Waals surface area contributed by atoms with Gasteiger partial charge in [0.2, 0.25) is 5.91 Å². The molecule has 28 heavy (non-hydrogen) atoms. The number of hydrogen-bond acceptors (Lipinski definition) is 2. The molecule has 1 amide bonds. The molecule has 2 heterocycles. The van der Waals surface area contributed by atoms with Gasteiger partial charge in [0.05, 0.1) is 22.5 Å². The quantitative estimate of drug-likeness (QED) is 0.673. The normalized spacial score (nSPS) is 22.3. The second-order valence-corrected chi connectivity index (χ2v) is 8.84. The van der Waals surface area contributed by atoms with E-state index < -0.39 is 0 Å². The number of nitrogens with zero attached hydrogens (tertiary/aromatic N) is 2. The predicted octanol–water partition coefficient (Wildman–Crippen LogP) is 5.32. The van der Waals surface area contributed by atoms with Crippen LogP contribution in [-0.4, -0.2) is 41.9 Å². The molecule has 3 nitrogen and oxygen atoms in total. The van der Waals surface area contributed by atoms with Crippen molar-refractivity contribution in [3.05, 3.63) is 69.2 Å². The van der Waals surface area contributed by atoms with Crippen LogP contribution in [0.5, 0.6) is 0 Å². The van der Waals surface area contributed by atoms with Gasteiger partial charge in [-0.15, -0.1) is 0 Å². The Morgan fingerprint density at radius 2 is 1.75 bits per heavy atom. The lowest BCUT2D eigenvalue weighted by Gasteiger charge is -2.42. The van der Waals surface area contributed by atoms with Crippen LogP contribution in [-0.2, 0) is 11.2 Å². The van der Waals surface area contributed by atoms with Gasteiger partial charge in [0.25, 0.3) is 0 Å². The van der Waals surface area contributed by atoms with Gasteiger partial charge in [0.1, 0.15) is 0 Å². The van der Waals surface area contributed by atoms with Crippen LogP contribution in [0.4, 0.5) is 0 Å². The summed E-state index contributed by atoms with van der Waals surface area (Å²) in [5, 5.41) is 1.02. The maximum absolute atomic E-state index is 13.3. The van der Waals surface area contributed by atoms with Crippen LogP contribution in [0.2, 0.25) is 10.0 Å². The van der Waals surface area contributed by atoms with Gasteiger partial charge in [0, 0.05) is 13.1 Å². The Kier molecular flexibility index (Phi) is 5.96. The number of amides is 1. The molecule has 0 spiro atoms. The largest absolute Gasteiger partial charge is 0.333 e. The standard InChI is InChI=1S/C23H26Cl2N2O/c1-16-14-27(23(28)13-17-8-9-20(24)21(25)12-17)22(15-26-10-4-5-11-26)19-7-3-2-6-18(16)19/h2-3,6-9,12,16,22H,4-5,10-11,13-15H2,1H3/t16-,22-/m1/s1. The molecule has 1 saturated heterocycles. The Morgan fingerprint density at radius 1 is 1.04 bits per heavy atom. The number of fused-ring (bicyclic) bond motifs is 1. The Bertz CT molecular complexity index is 863. The summed E-state index contributed by atoms with van der Waals surface area (Å²) in [4.78, 5) is 17.9. The molecule has 0 unspecified atom stereocenters. The number of benzene rings is 2. The minimum atomic E-state index is 0.112. The van der Waals surface area contributed by atoms with Gasteiger partial charge in [-0.05, 0) is 60.7 Å². The summed E-state index contributed by atoms with van der Waals surface area (Å²) >= 11 is 12.2. The highest BCUT2D eigenvalue weighted by Gasteiger charge is 2.35. The smallest absolute Gasteiger partial charge is 0.227 e. The zero-order chi connectivity index (χ0) is 19.7. The van der Waals surface area contributed by atoms with E-state index in [-0.39, 0.29) is 11.9 Å². The molecule has 0 aromatic heterocycles. The van der Waals surface area contributed by atoms with E-state index in [1.54, 1.807) is 12.1 Å². The molecule has 2 aliphatic rings. The monoisotopic (exact) mass is 416 g/mol. The Hall–Kier alpha value is -1.55. The molecule has 0 radical (unpaired) electrons. The Morgan fingerprint density at radius 3 is 2.46 bits per heavy atom. The lowest BCUT2D eigenvalue weighted by Crippen LogP contribution is -2.46. The van der Waals surface area contributed by atoms with Gasteiger partial charge in [-0.2, -0.15) is 0 Å². The minimum Gasteiger partial charge on any atom is -0.333 e. The van der Waals surface area contributed by atoms with E-state index in [2.05, 4.69) is 41.0 Å². The van der Waals surface area contributed by atoms with Crippen molar-refractivity contribution in [3.8, 4) is 0 Å². The fourth-order valence-corrected chi connectivity index (χ4v) is 4.88. The van der Waals surface area contributed by atoms with Gasteiger partial charge in [-0.3, -0.25) is 4.79 Å². The van der Waals surface area contributed by atoms with Crippen LogP contribution in [0.15, 0.2) is 42.5 Å². The van der Waals surface area contributed by atoms with Gasteiger partial charge in [0.15, 0.2) is 0 Å². The molecule has 2 aliphatic heterocycles. The molecule has 5 heteroatoms. The van der Waals surface area contributed by atoms with E-state index in [1.807, 2.05) is 6.07 Å². The van der Waals surface area contributed by atoms with E-state index in [0.29, 0.717) is 22.4 Å². The average molecular weight is 417 g/mol. The molecule has 0 N–H and O–H groups in total. The Balaban J connectivity index is 1.61. The molecule has 0 aliphatic carbocycles. The number of likely N-dealkylation sites (tertiary alicyclic amines) is 1. The maximum atomic E-state index is 13.3. The summed E-state index contributed by atoms with van der Waals surface area (Å²) in [6.45, 7) is 6.14. The first kappa shape index (κ1) is 19.8. The van der Waals surface area contributed by atoms with Crippen molar-refractivity contribution in [2.24, 2.45) is 0 Å². The highest BCUT2D eigenvalue weighted by atomic mass is 35.5. The summed E-state index contributed by atoms with van der Waals surface area (Å²) in [6, 6.07) is 14.2. The van der Waals surface area contributed by atoms with Gasteiger partial charge >= 0.3 is 0 Å². The van der Waals surface area contributed by atoms with Gasteiger partial charge < -0.3 is 9.80 Å². The molecule has 1 fully saturated rings. The number of halogens is 2. The third-order valence-corrected chi connectivity index (χ3v) is 6.76. The van der Waals surface area contributed by atoms with E-state index in [1.165, 1.54) is 24.0 Å². The Labute approximate surface area is 177 Å². The van der Waals surface area contributed by atoms with Crippen molar-refractivity contribution in [2.75, 3.05) is 26.2 Å². The second kappa shape index (κ2) is 8.44. The topological polar surface area (TPSA) is 23.6 Å². The predicted molar refractivity (Wildman–Crippen MR) is 115 cm³/mol. The second-order valence-electron chi connectivity index (χ2n) is 8.02. The van der Waals surface area contributed by atoms with Crippen molar-refractivity contribution in [1.82, 2.24) is 9.80 Å². The van der Waals surface area contributed by atoms with Gasteiger partial charge in [-0.1, -0.05) is 60.5 Å². The van der Waals surface area contributed by atoms with Crippen LogP contribution >= 0.6 is 23.2 Å². The van der Waals surface area contributed by atoms with E-state index in [0.717, 1.165) is 31.7 Å². The summed E-state index contributed by atoms with van der Waals surface area (Å²) in [6.07, 6.45) is 2.85. The van der Waals surface area contributed by atoms with Crippen molar-refractivity contribution in [1.29, 1.82) is 0 Å². The first-order valence-corrected chi connectivity index (χ1v) is 10.8. The van der Waals surface area contributed by atoms with E-state index >= 15 is 0 Å². The lowest BCUT2D eigenvalue weighted by atomic mass is 9.85. The van der Waals surface area contributed by atoms with Crippen LogP contribution in [0.25, 0.3) is 0 Å². The van der Waals surface area contributed by atoms with Crippen LogP contribution in [0.1, 0.15) is 48.4 Å². The molecule has 2 aromatic carbocycles. The van der Waals surface area contributed by atoms with Crippen LogP contribution < -0.4 is 0 Å². The average Bonchev–Trinajstić information content (AvgIpc) is 3.20. The summed E-state index contributed by atoms with van der Waals surface area (Å²) in [5.74, 6) is 0.493. The number of carbonyl (C=O) groups excluding carboxylic acids is 1. The van der Waals surface area contributed by atoms with Crippen molar-refractivity contribution in [2.45, 2.75) is 38.1 Å². The molecule has 4 rings (SSSR count). The third-order valence-electron chi connectivity index (χ3n) is 6.02. The molecule has 0 saturated carbocycles. The SMILES string of the molecule is C[C@@H]1CN(C(=O)Cc2ccc(Cl)c(Cl)c2)[C@H](CN2CCCC2)c2ccccc21. The molecule has 2 aromatic rings.